The summed E-state index contributed by atoms with van der Waals surface area (Å²) < 4.78 is 0. The fourth-order valence-corrected chi connectivity index (χ4v) is 3.61. The summed E-state index contributed by atoms with van der Waals surface area (Å²) in [4.78, 5) is 26.4. The molecule has 3 rings (SSSR count). The molecule has 0 unspecified atom stereocenters. The van der Waals surface area contributed by atoms with Gasteiger partial charge >= 0.3 is 0 Å². The number of nitrogens with zero attached hydrogens (tertiary/aromatic N) is 4. The molecule has 1 N–H and O–H groups in total. The fraction of sp³-hybridized carbons (Fsp3) is 0.667. The first kappa shape index (κ1) is 18.4. The lowest BCUT2D eigenvalue weighted by Crippen LogP contribution is -2.55. The molecular weight excluding hydrogens is 425 g/mol. The molecule has 23 heavy (non-hydrogen) atoms. The maximum Gasteiger partial charge on any atom is 0.242 e. The van der Waals surface area contributed by atoms with E-state index in [1.54, 1.807) is 18.4 Å². The number of aromatic nitrogens is 1. The summed E-state index contributed by atoms with van der Waals surface area (Å²) in [6, 6.07) is 0.505. The monoisotopic (exact) mass is 449 g/mol. The number of aliphatic imine (C=N–C) groups is 1. The third-order valence-electron chi connectivity index (χ3n) is 4.23. The largest absolute Gasteiger partial charge is 0.350 e. The second-order valence-corrected chi connectivity index (χ2v) is 7.18. The van der Waals surface area contributed by atoms with Gasteiger partial charge in [-0.25, -0.2) is 4.98 Å². The SMILES string of the molecule is CN=C(NCc1nc(C)c(C)s1)N1CCN(C2CC2)C(=O)C1.I. The summed E-state index contributed by atoms with van der Waals surface area (Å²) in [6.45, 7) is 6.84. The van der Waals surface area contributed by atoms with E-state index in [0.29, 0.717) is 19.1 Å². The van der Waals surface area contributed by atoms with Crippen LogP contribution in [-0.2, 0) is 11.3 Å². The number of amides is 1. The molecule has 2 aliphatic rings. The molecular formula is C15H24IN5OS. The highest BCUT2D eigenvalue weighted by atomic mass is 127. The van der Waals surface area contributed by atoms with Gasteiger partial charge in [-0.3, -0.25) is 9.79 Å². The van der Waals surface area contributed by atoms with Crippen LogP contribution >= 0.6 is 35.3 Å². The van der Waals surface area contributed by atoms with Crippen LogP contribution in [0.1, 0.15) is 28.4 Å². The van der Waals surface area contributed by atoms with Gasteiger partial charge < -0.3 is 15.1 Å². The lowest BCUT2D eigenvalue weighted by Gasteiger charge is -2.36. The topological polar surface area (TPSA) is 60.8 Å². The van der Waals surface area contributed by atoms with Gasteiger partial charge in [-0.1, -0.05) is 0 Å². The number of piperazine rings is 1. The van der Waals surface area contributed by atoms with Gasteiger partial charge in [-0.15, -0.1) is 35.3 Å². The van der Waals surface area contributed by atoms with Gasteiger partial charge in [-0.2, -0.15) is 0 Å². The molecule has 2 heterocycles. The number of guanidine groups is 1. The molecule has 0 aromatic carbocycles. The number of aryl methyl sites for hydroxylation is 2. The fourth-order valence-electron chi connectivity index (χ4n) is 2.74. The van der Waals surface area contributed by atoms with Crippen molar-refractivity contribution in [2.45, 2.75) is 39.3 Å². The van der Waals surface area contributed by atoms with Crippen LogP contribution in [0.15, 0.2) is 4.99 Å². The Hall–Kier alpha value is -0.900. The lowest BCUT2D eigenvalue weighted by molar-refractivity contribution is -0.135. The van der Waals surface area contributed by atoms with Gasteiger partial charge in [0.15, 0.2) is 5.96 Å². The number of thiazole rings is 1. The Morgan fingerprint density at radius 2 is 2.13 bits per heavy atom. The van der Waals surface area contributed by atoms with Gasteiger partial charge in [0.25, 0.3) is 0 Å². The number of rotatable bonds is 3. The zero-order valence-corrected chi connectivity index (χ0v) is 17.0. The number of nitrogens with one attached hydrogen (secondary N) is 1. The Kier molecular flexibility index (Phi) is 6.24. The molecule has 1 saturated carbocycles. The first-order valence-corrected chi connectivity index (χ1v) is 8.58. The smallest absolute Gasteiger partial charge is 0.242 e. The minimum Gasteiger partial charge on any atom is -0.350 e. The average Bonchev–Trinajstić information content (AvgIpc) is 3.27. The van der Waals surface area contributed by atoms with Crippen LogP contribution in [0.25, 0.3) is 0 Å². The van der Waals surface area contributed by atoms with Crippen LogP contribution in [0.5, 0.6) is 0 Å². The van der Waals surface area contributed by atoms with Crippen LogP contribution in [0.4, 0.5) is 0 Å². The number of hydrogen-bond acceptors (Lipinski definition) is 4. The third-order valence-corrected chi connectivity index (χ3v) is 5.30. The Balaban J connectivity index is 0.00000192. The van der Waals surface area contributed by atoms with Crippen molar-refractivity contribution >= 4 is 47.2 Å². The Morgan fingerprint density at radius 3 is 2.65 bits per heavy atom. The summed E-state index contributed by atoms with van der Waals surface area (Å²) in [5.74, 6) is 1.01. The zero-order chi connectivity index (χ0) is 15.7. The average molecular weight is 449 g/mol. The predicted molar refractivity (Wildman–Crippen MR) is 104 cm³/mol. The Bertz CT molecular complexity index is 579. The molecule has 0 spiro atoms. The standard InChI is InChI=1S/C15H23N5OS.HI/c1-10-11(2)22-13(18-10)8-17-15(16-3)19-6-7-20(12-4-5-12)14(21)9-19;/h12H,4-9H2,1-3H3,(H,16,17);1H. The van der Waals surface area contributed by atoms with Crippen LogP contribution in [-0.4, -0.2) is 59.4 Å². The molecule has 0 atom stereocenters. The molecule has 0 radical (unpaired) electrons. The van der Waals surface area contributed by atoms with Crippen molar-refractivity contribution in [3.05, 3.63) is 15.6 Å². The van der Waals surface area contributed by atoms with E-state index in [1.807, 2.05) is 16.7 Å². The molecule has 1 aliphatic heterocycles. The van der Waals surface area contributed by atoms with Crippen LogP contribution in [0.3, 0.4) is 0 Å². The van der Waals surface area contributed by atoms with Gasteiger partial charge in [0.05, 0.1) is 18.8 Å². The molecule has 0 bridgehead atoms. The van der Waals surface area contributed by atoms with Crippen molar-refractivity contribution in [3.63, 3.8) is 0 Å². The van der Waals surface area contributed by atoms with Crippen molar-refractivity contribution in [1.29, 1.82) is 0 Å². The molecule has 1 aliphatic carbocycles. The van der Waals surface area contributed by atoms with Crippen molar-refractivity contribution < 1.29 is 4.79 Å². The molecule has 8 heteroatoms. The van der Waals surface area contributed by atoms with E-state index in [0.717, 1.165) is 29.8 Å². The number of hydrogen-bond donors (Lipinski definition) is 1. The normalized spacial score (nSPS) is 18.9. The summed E-state index contributed by atoms with van der Waals surface area (Å²) >= 11 is 1.70. The van der Waals surface area contributed by atoms with E-state index >= 15 is 0 Å². The van der Waals surface area contributed by atoms with Crippen LogP contribution < -0.4 is 5.32 Å². The lowest BCUT2D eigenvalue weighted by atomic mass is 10.3. The predicted octanol–water partition coefficient (Wildman–Crippen LogP) is 1.76. The minimum atomic E-state index is 0. The first-order valence-electron chi connectivity index (χ1n) is 7.76. The van der Waals surface area contributed by atoms with E-state index < -0.39 is 0 Å². The molecule has 1 saturated heterocycles. The molecule has 128 valence electrons. The van der Waals surface area contributed by atoms with Crippen molar-refractivity contribution in [2.24, 2.45) is 4.99 Å². The van der Waals surface area contributed by atoms with Gasteiger partial charge in [-0.05, 0) is 26.7 Å². The summed E-state index contributed by atoms with van der Waals surface area (Å²) in [5.41, 5.74) is 1.09. The molecule has 1 amide bonds. The highest BCUT2D eigenvalue weighted by molar-refractivity contribution is 14.0. The van der Waals surface area contributed by atoms with Crippen molar-refractivity contribution in [2.75, 3.05) is 26.7 Å². The van der Waals surface area contributed by atoms with Gasteiger partial charge in [0, 0.05) is 31.1 Å². The van der Waals surface area contributed by atoms with Gasteiger partial charge in [0.1, 0.15) is 5.01 Å². The number of carbonyl (C=O) groups excluding carboxylic acids is 1. The van der Waals surface area contributed by atoms with E-state index in [2.05, 4.69) is 22.2 Å². The maximum atomic E-state index is 12.2. The van der Waals surface area contributed by atoms with Gasteiger partial charge in [0.2, 0.25) is 5.91 Å². The third kappa shape index (κ3) is 4.34. The zero-order valence-electron chi connectivity index (χ0n) is 13.8. The van der Waals surface area contributed by atoms with E-state index in [9.17, 15) is 4.79 Å². The quantitative estimate of drug-likeness (QED) is 0.434. The van der Waals surface area contributed by atoms with Crippen LogP contribution in [0.2, 0.25) is 0 Å². The number of carbonyl (C=O) groups is 1. The molecule has 2 fully saturated rings. The number of halogens is 1. The molecule has 1 aromatic rings. The molecule has 6 nitrogen and oxygen atoms in total. The minimum absolute atomic E-state index is 0. The second kappa shape index (κ2) is 7.78. The Morgan fingerprint density at radius 1 is 1.39 bits per heavy atom. The highest BCUT2D eigenvalue weighted by Gasteiger charge is 2.36. The summed E-state index contributed by atoms with van der Waals surface area (Å²) in [5, 5.41) is 4.38. The van der Waals surface area contributed by atoms with Crippen molar-refractivity contribution in [3.8, 4) is 0 Å². The van der Waals surface area contributed by atoms with Crippen molar-refractivity contribution in [1.82, 2.24) is 20.1 Å². The maximum absolute atomic E-state index is 12.2. The highest BCUT2D eigenvalue weighted by Crippen LogP contribution is 2.28. The molecule has 1 aromatic heterocycles. The van der Waals surface area contributed by atoms with Crippen LogP contribution in [0, 0.1) is 13.8 Å². The van der Waals surface area contributed by atoms with E-state index in [-0.39, 0.29) is 29.9 Å². The second-order valence-electron chi connectivity index (χ2n) is 5.89. The summed E-state index contributed by atoms with van der Waals surface area (Å²) in [6.07, 6.45) is 2.34. The Labute approximate surface area is 158 Å². The first-order chi connectivity index (χ1) is 10.6. The van der Waals surface area contributed by atoms with E-state index in [4.69, 9.17) is 0 Å². The van der Waals surface area contributed by atoms with E-state index in [1.165, 1.54) is 17.7 Å². The summed E-state index contributed by atoms with van der Waals surface area (Å²) in [7, 11) is 1.76.